The van der Waals surface area contributed by atoms with Crippen LogP contribution in [0.4, 0.5) is 5.00 Å². The van der Waals surface area contributed by atoms with Crippen LogP contribution in [0.2, 0.25) is 0 Å². The van der Waals surface area contributed by atoms with Crippen molar-refractivity contribution in [1.29, 1.82) is 0 Å². The molecular weight excluding hydrogens is 334 g/mol. The molecular formula is C16H20ClN3O2S. The van der Waals surface area contributed by atoms with E-state index in [1.165, 1.54) is 11.3 Å². The van der Waals surface area contributed by atoms with E-state index in [4.69, 9.17) is 4.74 Å². The van der Waals surface area contributed by atoms with Crippen molar-refractivity contribution in [3.63, 3.8) is 0 Å². The van der Waals surface area contributed by atoms with Gasteiger partial charge in [0.2, 0.25) is 5.91 Å². The molecule has 124 valence electrons. The van der Waals surface area contributed by atoms with E-state index in [0.717, 1.165) is 27.8 Å². The van der Waals surface area contributed by atoms with Crippen LogP contribution in [0.1, 0.15) is 11.4 Å². The molecule has 1 aliphatic heterocycles. The Morgan fingerprint density at radius 2 is 2.22 bits per heavy atom. The Kier molecular flexibility index (Phi) is 6.53. The van der Waals surface area contributed by atoms with Gasteiger partial charge in [0.15, 0.2) is 0 Å². The lowest BCUT2D eigenvalue weighted by Gasteiger charge is -2.23. The first-order chi connectivity index (χ1) is 10.7. The van der Waals surface area contributed by atoms with Crippen LogP contribution < -0.4 is 10.6 Å². The molecule has 1 aliphatic rings. The highest BCUT2D eigenvalue weighted by atomic mass is 35.5. The van der Waals surface area contributed by atoms with Crippen LogP contribution in [0, 0.1) is 6.92 Å². The number of carbonyl (C=O) groups excluding carboxylic acids is 1. The Labute approximate surface area is 145 Å². The Balaban J connectivity index is 0.00000192. The zero-order valence-electron chi connectivity index (χ0n) is 12.9. The molecule has 1 aromatic carbocycles. The fourth-order valence-corrected chi connectivity index (χ4v) is 3.31. The molecule has 1 unspecified atom stereocenters. The average molecular weight is 354 g/mol. The van der Waals surface area contributed by atoms with Gasteiger partial charge in [-0.25, -0.2) is 4.98 Å². The lowest BCUT2D eigenvalue weighted by atomic mass is 10.1. The van der Waals surface area contributed by atoms with E-state index in [1.807, 2.05) is 37.3 Å². The standard InChI is InChI=1S/C16H19N3O2S.ClH/c1-11-18-15(12-5-3-2-4-6-12)16(22-11)19-14(20)9-13-10-21-8-7-17-13;/h2-6,13,17H,7-10H2,1H3,(H,19,20);1H. The number of hydrogen-bond acceptors (Lipinski definition) is 5. The van der Waals surface area contributed by atoms with E-state index in [-0.39, 0.29) is 24.4 Å². The summed E-state index contributed by atoms with van der Waals surface area (Å²) < 4.78 is 5.38. The molecule has 1 saturated heterocycles. The van der Waals surface area contributed by atoms with Crippen LogP contribution in [-0.2, 0) is 9.53 Å². The summed E-state index contributed by atoms with van der Waals surface area (Å²) in [5.41, 5.74) is 1.85. The molecule has 1 atom stereocenters. The maximum absolute atomic E-state index is 12.2. The Bertz CT molecular complexity index is 642. The van der Waals surface area contributed by atoms with Gasteiger partial charge in [0.25, 0.3) is 0 Å². The smallest absolute Gasteiger partial charge is 0.226 e. The molecule has 0 saturated carbocycles. The summed E-state index contributed by atoms with van der Waals surface area (Å²) in [7, 11) is 0. The van der Waals surface area contributed by atoms with Crippen LogP contribution in [0.5, 0.6) is 0 Å². The Morgan fingerprint density at radius 3 is 2.91 bits per heavy atom. The third kappa shape index (κ3) is 4.75. The Morgan fingerprint density at radius 1 is 1.43 bits per heavy atom. The van der Waals surface area contributed by atoms with Crippen LogP contribution >= 0.6 is 23.7 Å². The number of amides is 1. The molecule has 2 N–H and O–H groups in total. The quantitative estimate of drug-likeness (QED) is 0.887. The van der Waals surface area contributed by atoms with Crippen molar-refractivity contribution < 1.29 is 9.53 Å². The molecule has 2 heterocycles. The zero-order chi connectivity index (χ0) is 15.4. The summed E-state index contributed by atoms with van der Waals surface area (Å²) in [5.74, 6) is -0.0103. The number of rotatable bonds is 4. The molecule has 0 bridgehead atoms. The second kappa shape index (κ2) is 8.40. The van der Waals surface area contributed by atoms with E-state index >= 15 is 0 Å². The Hall–Kier alpha value is -1.47. The highest BCUT2D eigenvalue weighted by molar-refractivity contribution is 7.16. The van der Waals surface area contributed by atoms with Gasteiger partial charge >= 0.3 is 0 Å². The van der Waals surface area contributed by atoms with Crippen LogP contribution in [0.15, 0.2) is 30.3 Å². The number of aryl methyl sites for hydroxylation is 1. The monoisotopic (exact) mass is 353 g/mol. The summed E-state index contributed by atoms with van der Waals surface area (Å²) >= 11 is 1.50. The van der Waals surface area contributed by atoms with Gasteiger partial charge in [-0.05, 0) is 6.92 Å². The minimum absolute atomic E-state index is 0. The zero-order valence-corrected chi connectivity index (χ0v) is 14.5. The number of thiazole rings is 1. The molecule has 1 amide bonds. The fourth-order valence-electron chi connectivity index (χ4n) is 2.46. The fraction of sp³-hybridized carbons (Fsp3) is 0.375. The summed E-state index contributed by atoms with van der Waals surface area (Å²) in [4.78, 5) is 16.8. The van der Waals surface area contributed by atoms with E-state index in [0.29, 0.717) is 19.6 Å². The minimum atomic E-state index is -0.0103. The van der Waals surface area contributed by atoms with Crippen molar-refractivity contribution in [3.05, 3.63) is 35.3 Å². The second-order valence-electron chi connectivity index (χ2n) is 5.25. The first kappa shape index (κ1) is 17.9. The van der Waals surface area contributed by atoms with Gasteiger partial charge in [0.1, 0.15) is 10.7 Å². The number of carbonyl (C=O) groups is 1. The maximum Gasteiger partial charge on any atom is 0.226 e. The topological polar surface area (TPSA) is 63.2 Å². The number of hydrogen-bond donors (Lipinski definition) is 2. The van der Waals surface area contributed by atoms with Crippen molar-refractivity contribution in [2.24, 2.45) is 0 Å². The van der Waals surface area contributed by atoms with Gasteiger partial charge in [-0.1, -0.05) is 30.3 Å². The van der Waals surface area contributed by atoms with Gasteiger partial charge in [-0.3, -0.25) is 4.79 Å². The normalized spacial score (nSPS) is 17.3. The van der Waals surface area contributed by atoms with Crippen LogP contribution in [0.3, 0.4) is 0 Å². The van der Waals surface area contributed by atoms with Gasteiger partial charge in [0, 0.05) is 24.6 Å². The van der Waals surface area contributed by atoms with Crippen LogP contribution in [0.25, 0.3) is 11.3 Å². The summed E-state index contributed by atoms with van der Waals surface area (Å²) in [6.07, 6.45) is 0.408. The van der Waals surface area contributed by atoms with Crippen molar-refractivity contribution in [3.8, 4) is 11.3 Å². The predicted molar refractivity (Wildman–Crippen MR) is 95.4 cm³/mol. The maximum atomic E-state index is 12.2. The van der Waals surface area contributed by atoms with Gasteiger partial charge in [-0.2, -0.15) is 0 Å². The molecule has 1 fully saturated rings. The van der Waals surface area contributed by atoms with Crippen molar-refractivity contribution in [2.45, 2.75) is 19.4 Å². The minimum Gasteiger partial charge on any atom is -0.378 e. The number of ether oxygens (including phenoxy) is 1. The number of aromatic nitrogens is 1. The van der Waals surface area contributed by atoms with E-state index < -0.39 is 0 Å². The SMILES string of the molecule is Cc1nc(-c2ccccc2)c(NC(=O)CC2COCCN2)s1.Cl. The third-order valence-corrected chi connectivity index (χ3v) is 4.35. The van der Waals surface area contributed by atoms with Gasteiger partial charge < -0.3 is 15.4 Å². The first-order valence-electron chi connectivity index (χ1n) is 7.36. The largest absolute Gasteiger partial charge is 0.378 e. The van der Waals surface area contributed by atoms with Crippen molar-refractivity contribution >= 4 is 34.7 Å². The number of morpholine rings is 1. The number of halogens is 1. The van der Waals surface area contributed by atoms with Gasteiger partial charge in [0.05, 0.1) is 18.2 Å². The van der Waals surface area contributed by atoms with Crippen molar-refractivity contribution in [1.82, 2.24) is 10.3 Å². The number of benzene rings is 1. The number of nitrogens with one attached hydrogen (secondary N) is 2. The molecule has 23 heavy (non-hydrogen) atoms. The van der Waals surface area contributed by atoms with E-state index in [2.05, 4.69) is 15.6 Å². The molecule has 1 aromatic heterocycles. The predicted octanol–water partition coefficient (Wildman–Crippen LogP) is 2.86. The molecule has 5 nitrogen and oxygen atoms in total. The highest BCUT2D eigenvalue weighted by Gasteiger charge is 2.19. The lowest BCUT2D eigenvalue weighted by Crippen LogP contribution is -2.43. The molecule has 3 rings (SSSR count). The van der Waals surface area contributed by atoms with E-state index in [1.54, 1.807) is 0 Å². The summed E-state index contributed by atoms with van der Waals surface area (Å²) in [5, 5.41) is 8.04. The molecule has 7 heteroatoms. The third-order valence-electron chi connectivity index (χ3n) is 3.46. The first-order valence-corrected chi connectivity index (χ1v) is 8.18. The van der Waals surface area contributed by atoms with Gasteiger partial charge in [-0.15, -0.1) is 23.7 Å². The highest BCUT2D eigenvalue weighted by Crippen LogP contribution is 2.32. The molecule has 0 aliphatic carbocycles. The van der Waals surface area contributed by atoms with E-state index in [9.17, 15) is 4.79 Å². The van der Waals surface area contributed by atoms with Crippen molar-refractivity contribution in [2.75, 3.05) is 25.1 Å². The lowest BCUT2D eigenvalue weighted by molar-refractivity contribution is -0.117. The second-order valence-corrected chi connectivity index (χ2v) is 6.46. The summed E-state index contributed by atoms with van der Waals surface area (Å²) in [6, 6.07) is 10.00. The summed E-state index contributed by atoms with van der Waals surface area (Å²) in [6.45, 7) is 4.04. The average Bonchev–Trinajstić information content (AvgIpc) is 2.89. The van der Waals surface area contributed by atoms with Crippen LogP contribution in [-0.4, -0.2) is 36.7 Å². The number of anilines is 1. The molecule has 2 aromatic rings. The number of nitrogens with zero attached hydrogens (tertiary/aromatic N) is 1. The molecule has 0 radical (unpaired) electrons. The molecule has 0 spiro atoms.